The molecule has 1 atom stereocenters. The number of para-hydroxylation sites is 1. The van der Waals surface area contributed by atoms with Crippen molar-refractivity contribution in [1.29, 1.82) is 0 Å². The third kappa shape index (κ3) is 3.06. The quantitative estimate of drug-likeness (QED) is 0.748. The topological polar surface area (TPSA) is 12.0 Å². The molecule has 1 aromatic rings. The summed E-state index contributed by atoms with van der Waals surface area (Å²) in [5.41, 5.74) is 2.71. The van der Waals surface area contributed by atoms with Crippen LogP contribution in [0, 0.1) is 5.92 Å². The third-order valence-electron chi connectivity index (χ3n) is 2.74. The molecule has 1 heteroatoms. The summed E-state index contributed by atoms with van der Waals surface area (Å²) < 4.78 is 0. The highest BCUT2D eigenvalue weighted by Crippen LogP contribution is 2.16. The SMILES string of the molecule is CCc1ccccc1NCC(C)CC. The van der Waals surface area contributed by atoms with Crippen molar-refractivity contribution in [1.82, 2.24) is 0 Å². The molecule has 1 N–H and O–H groups in total. The van der Waals surface area contributed by atoms with Crippen molar-refractivity contribution in [3.63, 3.8) is 0 Å². The van der Waals surface area contributed by atoms with Crippen LogP contribution in [0.4, 0.5) is 5.69 Å². The van der Waals surface area contributed by atoms with Crippen LogP contribution in [0.25, 0.3) is 0 Å². The van der Waals surface area contributed by atoms with Crippen molar-refractivity contribution in [2.45, 2.75) is 33.6 Å². The van der Waals surface area contributed by atoms with Crippen molar-refractivity contribution in [2.24, 2.45) is 5.92 Å². The zero-order valence-corrected chi connectivity index (χ0v) is 9.51. The van der Waals surface area contributed by atoms with Crippen LogP contribution in [0.1, 0.15) is 32.8 Å². The van der Waals surface area contributed by atoms with Crippen LogP contribution in [0.2, 0.25) is 0 Å². The minimum absolute atomic E-state index is 0.750. The Morgan fingerprint density at radius 1 is 1.21 bits per heavy atom. The van der Waals surface area contributed by atoms with E-state index in [9.17, 15) is 0 Å². The molecule has 0 saturated heterocycles. The highest BCUT2D eigenvalue weighted by molar-refractivity contribution is 5.50. The molecule has 0 radical (unpaired) electrons. The van der Waals surface area contributed by atoms with E-state index >= 15 is 0 Å². The first-order valence-electron chi connectivity index (χ1n) is 5.59. The molecule has 0 aliphatic rings. The zero-order valence-electron chi connectivity index (χ0n) is 9.51. The van der Waals surface area contributed by atoms with Crippen molar-refractivity contribution in [3.8, 4) is 0 Å². The fourth-order valence-electron chi connectivity index (χ4n) is 1.43. The maximum Gasteiger partial charge on any atom is 0.0372 e. The second-order valence-electron chi connectivity index (χ2n) is 3.91. The maximum absolute atomic E-state index is 3.51. The predicted molar refractivity (Wildman–Crippen MR) is 63.8 cm³/mol. The second-order valence-corrected chi connectivity index (χ2v) is 3.91. The van der Waals surface area contributed by atoms with E-state index in [2.05, 4.69) is 50.4 Å². The fourth-order valence-corrected chi connectivity index (χ4v) is 1.43. The molecule has 0 amide bonds. The van der Waals surface area contributed by atoms with Gasteiger partial charge in [0, 0.05) is 12.2 Å². The van der Waals surface area contributed by atoms with Crippen LogP contribution < -0.4 is 5.32 Å². The molecule has 0 aliphatic heterocycles. The molecule has 0 spiro atoms. The lowest BCUT2D eigenvalue weighted by Crippen LogP contribution is -2.11. The van der Waals surface area contributed by atoms with E-state index in [1.165, 1.54) is 17.7 Å². The Kier molecular flexibility index (Phi) is 4.51. The van der Waals surface area contributed by atoms with Crippen molar-refractivity contribution in [2.75, 3.05) is 11.9 Å². The molecule has 1 unspecified atom stereocenters. The van der Waals surface area contributed by atoms with E-state index in [-0.39, 0.29) is 0 Å². The lowest BCUT2D eigenvalue weighted by Gasteiger charge is -2.14. The Morgan fingerprint density at radius 2 is 1.93 bits per heavy atom. The Hall–Kier alpha value is -0.980. The van der Waals surface area contributed by atoms with E-state index in [0.717, 1.165) is 18.9 Å². The summed E-state index contributed by atoms with van der Waals surface area (Å²) in [6.07, 6.45) is 2.34. The molecule has 0 saturated carbocycles. The van der Waals surface area contributed by atoms with Crippen molar-refractivity contribution < 1.29 is 0 Å². The maximum atomic E-state index is 3.51. The van der Waals surface area contributed by atoms with Gasteiger partial charge in [0.05, 0.1) is 0 Å². The Balaban J connectivity index is 2.57. The Morgan fingerprint density at radius 3 is 2.57 bits per heavy atom. The third-order valence-corrected chi connectivity index (χ3v) is 2.74. The van der Waals surface area contributed by atoms with Gasteiger partial charge in [-0.1, -0.05) is 45.4 Å². The molecule has 78 valence electrons. The number of aryl methyl sites for hydroxylation is 1. The number of hydrogen-bond acceptors (Lipinski definition) is 1. The Labute approximate surface area is 87.5 Å². The van der Waals surface area contributed by atoms with Crippen LogP contribution in [-0.2, 0) is 6.42 Å². The summed E-state index contributed by atoms with van der Waals surface area (Å²) in [7, 11) is 0. The minimum Gasteiger partial charge on any atom is -0.385 e. The van der Waals surface area contributed by atoms with Gasteiger partial charge < -0.3 is 5.32 Å². The van der Waals surface area contributed by atoms with Crippen molar-refractivity contribution in [3.05, 3.63) is 29.8 Å². The highest BCUT2D eigenvalue weighted by atomic mass is 14.9. The molecule has 14 heavy (non-hydrogen) atoms. The van der Waals surface area contributed by atoms with E-state index in [1.54, 1.807) is 0 Å². The number of benzene rings is 1. The second kappa shape index (κ2) is 5.69. The summed E-state index contributed by atoms with van der Waals surface area (Å²) >= 11 is 0. The minimum atomic E-state index is 0.750. The standard InChI is InChI=1S/C13H21N/c1-4-11(3)10-14-13-9-7-6-8-12(13)5-2/h6-9,11,14H,4-5,10H2,1-3H3. The van der Waals surface area contributed by atoms with Gasteiger partial charge in [-0.25, -0.2) is 0 Å². The summed E-state index contributed by atoms with van der Waals surface area (Å²) in [6.45, 7) is 7.79. The molecule has 0 aliphatic carbocycles. The zero-order chi connectivity index (χ0) is 10.4. The molecule has 1 aromatic carbocycles. The van der Waals surface area contributed by atoms with Gasteiger partial charge in [-0.15, -0.1) is 0 Å². The number of hydrogen-bond donors (Lipinski definition) is 1. The molecule has 1 rings (SSSR count). The lowest BCUT2D eigenvalue weighted by atomic mass is 10.1. The van der Waals surface area contributed by atoms with Gasteiger partial charge in [0.1, 0.15) is 0 Å². The van der Waals surface area contributed by atoms with E-state index in [4.69, 9.17) is 0 Å². The van der Waals surface area contributed by atoms with Crippen LogP contribution in [0.5, 0.6) is 0 Å². The molecule has 0 bridgehead atoms. The number of nitrogens with one attached hydrogen (secondary N) is 1. The molecule has 1 nitrogen and oxygen atoms in total. The number of anilines is 1. The predicted octanol–water partition coefficient (Wildman–Crippen LogP) is 3.71. The lowest BCUT2D eigenvalue weighted by molar-refractivity contribution is 0.593. The van der Waals surface area contributed by atoms with Crippen LogP contribution >= 0.6 is 0 Å². The fraction of sp³-hybridized carbons (Fsp3) is 0.538. The van der Waals surface area contributed by atoms with Crippen LogP contribution in [-0.4, -0.2) is 6.54 Å². The largest absolute Gasteiger partial charge is 0.385 e. The average molecular weight is 191 g/mol. The van der Waals surface area contributed by atoms with Gasteiger partial charge in [0.15, 0.2) is 0 Å². The van der Waals surface area contributed by atoms with Gasteiger partial charge in [-0.3, -0.25) is 0 Å². The van der Waals surface area contributed by atoms with Gasteiger partial charge in [0.25, 0.3) is 0 Å². The number of rotatable bonds is 5. The van der Waals surface area contributed by atoms with Gasteiger partial charge in [0.2, 0.25) is 0 Å². The summed E-state index contributed by atoms with van der Waals surface area (Å²) in [4.78, 5) is 0. The summed E-state index contributed by atoms with van der Waals surface area (Å²) in [5, 5.41) is 3.51. The average Bonchev–Trinajstić information content (AvgIpc) is 2.26. The van der Waals surface area contributed by atoms with Gasteiger partial charge >= 0.3 is 0 Å². The highest BCUT2D eigenvalue weighted by Gasteiger charge is 2.01. The van der Waals surface area contributed by atoms with E-state index in [0.29, 0.717) is 0 Å². The van der Waals surface area contributed by atoms with Crippen LogP contribution in [0.15, 0.2) is 24.3 Å². The molecule has 0 aromatic heterocycles. The molecular weight excluding hydrogens is 170 g/mol. The molecule has 0 fully saturated rings. The monoisotopic (exact) mass is 191 g/mol. The first-order valence-corrected chi connectivity index (χ1v) is 5.59. The smallest absolute Gasteiger partial charge is 0.0372 e. The summed E-state index contributed by atoms with van der Waals surface area (Å²) in [5.74, 6) is 0.750. The van der Waals surface area contributed by atoms with E-state index in [1.807, 2.05) is 0 Å². The van der Waals surface area contributed by atoms with E-state index < -0.39 is 0 Å². The van der Waals surface area contributed by atoms with Crippen molar-refractivity contribution >= 4 is 5.69 Å². The Bertz CT molecular complexity index is 268. The first-order chi connectivity index (χ1) is 6.77. The molecular formula is C13H21N. The summed E-state index contributed by atoms with van der Waals surface area (Å²) in [6, 6.07) is 8.56. The first kappa shape index (κ1) is 11.1. The molecule has 0 heterocycles. The van der Waals surface area contributed by atoms with Gasteiger partial charge in [-0.05, 0) is 24.0 Å². The van der Waals surface area contributed by atoms with Crippen LogP contribution in [0.3, 0.4) is 0 Å². The van der Waals surface area contributed by atoms with Gasteiger partial charge in [-0.2, -0.15) is 0 Å². The normalized spacial score (nSPS) is 12.5.